The maximum atomic E-state index is 11.8. The number of hydrogen-bond donors (Lipinski definition) is 2. The van der Waals surface area contributed by atoms with E-state index in [0.29, 0.717) is 12.2 Å². The van der Waals surface area contributed by atoms with Crippen molar-refractivity contribution in [1.82, 2.24) is 19.5 Å². The highest BCUT2D eigenvalue weighted by Gasteiger charge is 2.24. The van der Waals surface area contributed by atoms with Gasteiger partial charge in [0, 0.05) is 30.9 Å². The number of aliphatic hydroxyl groups is 1. The summed E-state index contributed by atoms with van der Waals surface area (Å²) >= 11 is 0. The maximum absolute atomic E-state index is 11.8. The van der Waals surface area contributed by atoms with Gasteiger partial charge < -0.3 is 5.11 Å². The highest BCUT2D eigenvalue weighted by molar-refractivity contribution is 5.36. The summed E-state index contributed by atoms with van der Waals surface area (Å²) in [5.41, 5.74) is 1.30. The normalized spacial score (nSPS) is 20.8. The molecule has 6 heteroatoms. The second kappa shape index (κ2) is 4.55. The molecule has 1 saturated heterocycles. The van der Waals surface area contributed by atoms with Crippen LogP contribution in [-0.2, 0) is 6.54 Å². The summed E-state index contributed by atoms with van der Waals surface area (Å²) in [4.78, 5) is 18.4. The van der Waals surface area contributed by atoms with Crippen LogP contribution in [0.15, 0.2) is 23.1 Å². The van der Waals surface area contributed by atoms with Gasteiger partial charge in [0.2, 0.25) is 0 Å². The Balaban J connectivity index is 1.88. The van der Waals surface area contributed by atoms with Crippen LogP contribution in [0.4, 0.5) is 0 Å². The van der Waals surface area contributed by atoms with Crippen LogP contribution in [0.2, 0.25) is 0 Å². The molecular formula is C12H16N4O2. The molecular weight excluding hydrogens is 232 g/mol. The number of likely N-dealkylation sites (tertiary alicyclic amines) is 1. The molecule has 2 aromatic rings. The Morgan fingerprint density at radius 1 is 1.56 bits per heavy atom. The van der Waals surface area contributed by atoms with Crippen LogP contribution in [0.1, 0.15) is 18.5 Å². The lowest BCUT2D eigenvalue weighted by molar-refractivity contribution is 0.152. The third-order valence-corrected chi connectivity index (χ3v) is 3.51. The third kappa shape index (κ3) is 1.93. The number of nitrogens with one attached hydrogen (secondary N) is 1. The lowest BCUT2D eigenvalue weighted by Crippen LogP contribution is -2.32. The molecule has 18 heavy (non-hydrogen) atoms. The van der Waals surface area contributed by atoms with E-state index in [2.05, 4.69) is 15.0 Å². The summed E-state index contributed by atoms with van der Waals surface area (Å²) < 4.78 is 1.41. The van der Waals surface area contributed by atoms with E-state index in [1.165, 1.54) is 4.52 Å². The average Bonchev–Trinajstić information content (AvgIpc) is 2.97. The highest BCUT2D eigenvalue weighted by atomic mass is 16.3. The molecule has 0 radical (unpaired) electrons. The third-order valence-electron chi connectivity index (χ3n) is 3.51. The molecule has 2 N–H and O–H groups in total. The van der Waals surface area contributed by atoms with Gasteiger partial charge in [0.05, 0.1) is 12.3 Å². The molecule has 2 aromatic heterocycles. The molecule has 0 amide bonds. The molecule has 1 aliphatic rings. The molecule has 0 aromatic carbocycles. The Hall–Kier alpha value is -1.66. The molecule has 1 unspecified atom stereocenters. The van der Waals surface area contributed by atoms with Crippen molar-refractivity contribution in [3.8, 4) is 0 Å². The van der Waals surface area contributed by atoms with E-state index >= 15 is 0 Å². The van der Waals surface area contributed by atoms with E-state index in [-0.39, 0.29) is 18.2 Å². The lowest BCUT2D eigenvalue weighted by atomic mass is 10.2. The fourth-order valence-electron chi connectivity index (χ4n) is 2.58. The Kier molecular flexibility index (Phi) is 2.89. The summed E-state index contributed by atoms with van der Waals surface area (Å²) in [7, 11) is 0. The van der Waals surface area contributed by atoms with Crippen molar-refractivity contribution < 1.29 is 5.11 Å². The Bertz CT molecular complexity index is 603. The van der Waals surface area contributed by atoms with E-state index in [9.17, 15) is 9.90 Å². The topological polar surface area (TPSA) is 73.6 Å². The van der Waals surface area contributed by atoms with Gasteiger partial charge in [-0.05, 0) is 19.4 Å². The van der Waals surface area contributed by atoms with Crippen molar-refractivity contribution in [3.63, 3.8) is 0 Å². The molecule has 0 aliphatic carbocycles. The van der Waals surface area contributed by atoms with Gasteiger partial charge in [0.15, 0.2) is 5.65 Å². The monoisotopic (exact) mass is 248 g/mol. The van der Waals surface area contributed by atoms with E-state index in [1.807, 2.05) is 0 Å². The summed E-state index contributed by atoms with van der Waals surface area (Å²) in [6, 6.07) is 3.53. The van der Waals surface area contributed by atoms with Crippen molar-refractivity contribution in [3.05, 3.63) is 34.4 Å². The van der Waals surface area contributed by atoms with Gasteiger partial charge >= 0.3 is 0 Å². The number of hydrogen-bond acceptors (Lipinski definition) is 4. The van der Waals surface area contributed by atoms with Crippen LogP contribution >= 0.6 is 0 Å². The minimum atomic E-state index is -0.0975. The Morgan fingerprint density at radius 3 is 3.28 bits per heavy atom. The lowest BCUT2D eigenvalue weighted by Gasteiger charge is -2.21. The summed E-state index contributed by atoms with van der Waals surface area (Å²) in [6.45, 7) is 1.76. The van der Waals surface area contributed by atoms with Gasteiger partial charge in [-0.2, -0.15) is 0 Å². The first kappa shape index (κ1) is 11.4. The molecule has 3 rings (SSSR count). The average molecular weight is 248 g/mol. The second-order valence-corrected chi connectivity index (χ2v) is 4.69. The first-order valence-electron chi connectivity index (χ1n) is 6.19. The summed E-state index contributed by atoms with van der Waals surface area (Å²) in [6.07, 6.45) is 3.80. The second-order valence-electron chi connectivity index (χ2n) is 4.69. The molecule has 1 atom stereocenters. The van der Waals surface area contributed by atoms with Crippen LogP contribution in [0, 0.1) is 0 Å². The maximum Gasteiger partial charge on any atom is 0.272 e. The zero-order valence-corrected chi connectivity index (χ0v) is 10.0. The van der Waals surface area contributed by atoms with E-state index in [4.69, 9.17) is 0 Å². The quantitative estimate of drug-likeness (QED) is 0.800. The highest BCUT2D eigenvalue weighted by Crippen LogP contribution is 2.18. The zero-order chi connectivity index (χ0) is 12.5. The minimum absolute atomic E-state index is 0.0975. The summed E-state index contributed by atoms with van der Waals surface area (Å²) in [5, 5.41) is 12.1. The van der Waals surface area contributed by atoms with Crippen molar-refractivity contribution in [2.45, 2.75) is 25.4 Å². The fourth-order valence-corrected chi connectivity index (χ4v) is 2.58. The number of rotatable bonds is 3. The molecule has 0 saturated carbocycles. The number of aromatic nitrogens is 3. The van der Waals surface area contributed by atoms with Crippen molar-refractivity contribution >= 4 is 5.65 Å². The molecule has 0 bridgehead atoms. The standard InChI is InChI=1S/C12H16N4O2/c17-8-10-2-1-5-15(10)7-9-6-12(18)16-11(14-9)3-4-13-16/h3-4,6,10,13,17H,1-2,5,7-8H2. The van der Waals surface area contributed by atoms with Crippen molar-refractivity contribution in [1.29, 1.82) is 0 Å². The van der Waals surface area contributed by atoms with Gasteiger partial charge in [-0.1, -0.05) is 0 Å². The van der Waals surface area contributed by atoms with Gasteiger partial charge in [0.25, 0.3) is 5.56 Å². The van der Waals surface area contributed by atoms with Gasteiger partial charge in [-0.15, -0.1) is 0 Å². The number of aliphatic hydroxyl groups excluding tert-OH is 1. The van der Waals surface area contributed by atoms with Crippen molar-refractivity contribution in [2.75, 3.05) is 13.2 Å². The predicted molar refractivity (Wildman–Crippen MR) is 66.3 cm³/mol. The van der Waals surface area contributed by atoms with Gasteiger partial charge in [-0.3, -0.25) is 14.8 Å². The Labute approximate surface area is 104 Å². The smallest absolute Gasteiger partial charge is 0.272 e. The van der Waals surface area contributed by atoms with Crippen LogP contribution in [-0.4, -0.2) is 43.8 Å². The molecule has 6 nitrogen and oxygen atoms in total. The van der Waals surface area contributed by atoms with Crippen LogP contribution in [0.25, 0.3) is 5.65 Å². The largest absolute Gasteiger partial charge is 0.395 e. The number of H-pyrrole nitrogens is 1. The zero-order valence-electron chi connectivity index (χ0n) is 10.0. The molecule has 1 fully saturated rings. The van der Waals surface area contributed by atoms with Crippen LogP contribution in [0.5, 0.6) is 0 Å². The van der Waals surface area contributed by atoms with Crippen LogP contribution < -0.4 is 5.56 Å². The molecule has 1 aliphatic heterocycles. The predicted octanol–water partition coefficient (Wildman–Crippen LogP) is -0.0207. The van der Waals surface area contributed by atoms with Crippen molar-refractivity contribution in [2.24, 2.45) is 0 Å². The van der Waals surface area contributed by atoms with E-state index in [0.717, 1.165) is 25.1 Å². The fraction of sp³-hybridized carbons (Fsp3) is 0.500. The number of nitrogens with zero attached hydrogens (tertiary/aromatic N) is 3. The number of aromatic amines is 1. The first-order valence-corrected chi connectivity index (χ1v) is 6.19. The van der Waals surface area contributed by atoms with Gasteiger partial charge in [-0.25, -0.2) is 9.50 Å². The Morgan fingerprint density at radius 2 is 2.44 bits per heavy atom. The minimum Gasteiger partial charge on any atom is -0.395 e. The first-order chi connectivity index (χ1) is 8.78. The van der Waals surface area contributed by atoms with E-state index in [1.54, 1.807) is 18.3 Å². The van der Waals surface area contributed by atoms with E-state index < -0.39 is 0 Å². The molecule has 3 heterocycles. The van der Waals surface area contributed by atoms with Crippen LogP contribution in [0.3, 0.4) is 0 Å². The SMILES string of the molecule is O=c1cc(CN2CCCC2CO)nc2cc[nH]n12. The number of fused-ring (bicyclic) bond motifs is 1. The van der Waals surface area contributed by atoms with Gasteiger partial charge in [0.1, 0.15) is 0 Å². The molecule has 96 valence electrons. The summed E-state index contributed by atoms with van der Waals surface area (Å²) in [5.74, 6) is 0. The molecule has 0 spiro atoms.